The highest BCUT2D eigenvalue weighted by Gasteiger charge is 2.07. The van der Waals surface area contributed by atoms with Crippen LogP contribution in [0.1, 0.15) is 15.9 Å². The second-order valence-corrected chi connectivity index (χ2v) is 4.78. The Labute approximate surface area is 120 Å². The molecule has 0 spiro atoms. The van der Waals surface area contributed by atoms with E-state index in [-0.39, 0.29) is 5.91 Å². The first-order valence-electron chi connectivity index (χ1n) is 6.05. The molecule has 0 fully saturated rings. The molecular formula is C14H11ClN4O. The third-order valence-corrected chi connectivity index (χ3v) is 3.16. The molecule has 20 heavy (non-hydrogen) atoms. The van der Waals surface area contributed by atoms with Crippen LogP contribution in [-0.2, 0) is 6.54 Å². The third-order valence-electron chi connectivity index (χ3n) is 2.92. The van der Waals surface area contributed by atoms with E-state index in [4.69, 9.17) is 11.6 Å². The maximum absolute atomic E-state index is 12.1. The Kier molecular flexibility index (Phi) is 3.35. The molecule has 3 rings (SSSR count). The van der Waals surface area contributed by atoms with Crippen LogP contribution < -0.4 is 5.32 Å². The van der Waals surface area contributed by atoms with E-state index >= 15 is 0 Å². The molecule has 0 aliphatic carbocycles. The fourth-order valence-corrected chi connectivity index (χ4v) is 2.13. The maximum atomic E-state index is 12.1. The Bertz CT molecular complexity index is 768. The summed E-state index contributed by atoms with van der Waals surface area (Å²) >= 11 is 5.90. The number of H-pyrrole nitrogens is 1. The summed E-state index contributed by atoms with van der Waals surface area (Å²) in [5, 5.41) is 13.9. The molecule has 6 heteroatoms. The Hall–Kier alpha value is -2.40. The van der Waals surface area contributed by atoms with E-state index in [1.54, 1.807) is 24.3 Å². The molecule has 0 aliphatic heterocycles. The molecule has 0 bridgehead atoms. The van der Waals surface area contributed by atoms with Gasteiger partial charge in [-0.05, 0) is 35.9 Å². The van der Waals surface area contributed by atoms with Crippen molar-refractivity contribution in [2.45, 2.75) is 6.54 Å². The lowest BCUT2D eigenvalue weighted by atomic mass is 10.1. The highest BCUT2D eigenvalue weighted by atomic mass is 35.5. The number of aromatic nitrogens is 3. The predicted molar refractivity (Wildman–Crippen MR) is 76.5 cm³/mol. The number of benzene rings is 2. The van der Waals surface area contributed by atoms with Crippen molar-refractivity contribution in [1.82, 2.24) is 20.7 Å². The normalized spacial score (nSPS) is 10.7. The van der Waals surface area contributed by atoms with Crippen molar-refractivity contribution in [3.8, 4) is 0 Å². The van der Waals surface area contributed by atoms with Gasteiger partial charge in [0.25, 0.3) is 5.91 Å². The molecule has 2 N–H and O–H groups in total. The van der Waals surface area contributed by atoms with Crippen molar-refractivity contribution in [3.05, 3.63) is 58.6 Å². The van der Waals surface area contributed by atoms with E-state index in [9.17, 15) is 4.79 Å². The second kappa shape index (κ2) is 5.30. The smallest absolute Gasteiger partial charge is 0.251 e. The molecule has 0 saturated carbocycles. The average molecular weight is 287 g/mol. The fraction of sp³-hybridized carbons (Fsp3) is 0.0714. The Morgan fingerprint density at radius 3 is 2.85 bits per heavy atom. The van der Waals surface area contributed by atoms with Crippen LogP contribution in [0.4, 0.5) is 0 Å². The summed E-state index contributed by atoms with van der Waals surface area (Å²) < 4.78 is 0. The number of carbonyl (C=O) groups is 1. The topological polar surface area (TPSA) is 70.7 Å². The molecule has 3 aromatic rings. The number of hydrogen-bond donors (Lipinski definition) is 2. The van der Waals surface area contributed by atoms with Crippen molar-refractivity contribution in [2.75, 3.05) is 0 Å². The lowest BCUT2D eigenvalue weighted by Crippen LogP contribution is -2.22. The highest BCUT2D eigenvalue weighted by Crippen LogP contribution is 2.12. The molecule has 0 aliphatic rings. The number of fused-ring (bicyclic) bond motifs is 1. The summed E-state index contributed by atoms with van der Waals surface area (Å²) in [6, 6.07) is 12.6. The number of aromatic amines is 1. The number of nitrogens with one attached hydrogen (secondary N) is 2. The first-order valence-corrected chi connectivity index (χ1v) is 6.43. The summed E-state index contributed by atoms with van der Waals surface area (Å²) in [6.45, 7) is 0.427. The van der Waals surface area contributed by atoms with E-state index in [2.05, 4.69) is 20.7 Å². The van der Waals surface area contributed by atoms with Gasteiger partial charge in [0.2, 0.25) is 0 Å². The molecule has 100 valence electrons. The zero-order valence-corrected chi connectivity index (χ0v) is 11.2. The van der Waals surface area contributed by atoms with Crippen molar-refractivity contribution in [2.24, 2.45) is 0 Å². The van der Waals surface area contributed by atoms with Gasteiger partial charge in [-0.2, -0.15) is 15.4 Å². The number of rotatable bonds is 3. The van der Waals surface area contributed by atoms with Crippen LogP contribution in [0, 0.1) is 0 Å². The molecule has 0 atom stereocenters. The minimum absolute atomic E-state index is 0.158. The van der Waals surface area contributed by atoms with Gasteiger partial charge in [-0.1, -0.05) is 23.7 Å². The molecule has 1 heterocycles. The van der Waals surface area contributed by atoms with Crippen LogP contribution in [0.3, 0.4) is 0 Å². The van der Waals surface area contributed by atoms with Gasteiger partial charge >= 0.3 is 0 Å². The Morgan fingerprint density at radius 2 is 2.00 bits per heavy atom. The first kappa shape index (κ1) is 12.6. The number of halogens is 1. The summed E-state index contributed by atoms with van der Waals surface area (Å²) in [6.07, 6.45) is 0. The Balaban J connectivity index is 1.72. The summed E-state index contributed by atoms with van der Waals surface area (Å²) in [7, 11) is 0. The highest BCUT2D eigenvalue weighted by molar-refractivity contribution is 6.30. The minimum atomic E-state index is -0.158. The maximum Gasteiger partial charge on any atom is 0.251 e. The third kappa shape index (κ3) is 2.62. The summed E-state index contributed by atoms with van der Waals surface area (Å²) in [4.78, 5) is 12.1. The van der Waals surface area contributed by atoms with Gasteiger partial charge in [0.15, 0.2) is 0 Å². The molecule has 0 radical (unpaired) electrons. The van der Waals surface area contributed by atoms with Crippen LogP contribution in [0.2, 0.25) is 5.02 Å². The average Bonchev–Trinajstić information content (AvgIpc) is 2.92. The minimum Gasteiger partial charge on any atom is -0.348 e. The second-order valence-electron chi connectivity index (χ2n) is 4.34. The van der Waals surface area contributed by atoms with Crippen molar-refractivity contribution in [1.29, 1.82) is 0 Å². The quantitative estimate of drug-likeness (QED) is 0.777. The molecule has 2 aromatic carbocycles. The number of hydrogen-bond acceptors (Lipinski definition) is 3. The van der Waals surface area contributed by atoms with Gasteiger partial charge in [0.1, 0.15) is 11.0 Å². The summed E-state index contributed by atoms with van der Waals surface area (Å²) in [5.74, 6) is -0.158. The SMILES string of the molecule is O=C(NCc1cccc(Cl)c1)c1ccc2n[nH]nc2c1. The van der Waals surface area contributed by atoms with E-state index in [1.807, 2.05) is 18.2 Å². The van der Waals surface area contributed by atoms with Gasteiger partial charge < -0.3 is 5.32 Å². The van der Waals surface area contributed by atoms with Gasteiger partial charge in [0.05, 0.1) is 0 Å². The fourth-order valence-electron chi connectivity index (χ4n) is 1.91. The van der Waals surface area contributed by atoms with E-state index < -0.39 is 0 Å². The van der Waals surface area contributed by atoms with Crippen LogP contribution >= 0.6 is 11.6 Å². The van der Waals surface area contributed by atoms with E-state index in [1.165, 1.54) is 0 Å². The van der Waals surface area contributed by atoms with Gasteiger partial charge in [-0.15, -0.1) is 0 Å². The molecule has 0 saturated heterocycles. The molecular weight excluding hydrogens is 276 g/mol. The van der Waals surface area contributed by atoms with Crippen molar-refractivity contribution >= 4 is 28.5 Å². The Morgan fingerprint density at radius 1 is 1.15 bits per heavy atom. The van der Waals surface area contributed by atoms with E-state index in [0.717, 1.165) is 11.1 Å². The predicted octanol–water partition coefficient (Wildman–Crippen LogP) is 2.54. The number of carbonyl (C=O) groups excluding carboxylic acids is 1. The molecule has 5 nitrogen and oxygen atoms in total. The van der Waals surface area contributed by atoms with Gasteiger partial charge in [-0.3, -0.25) is 4.79 Å². The molecule has 0 unspecified atom stereocenters. The first-order chi connectivity index (χ1) is 9.72. The molecule has 1 aromatic heterocycles. The largest absolute Gasteiger partial charge is 0.348 e. The number of amides is 1. The van der Waals surface area contributed by atoms with Crippen molar-refractivity contribution < 1.29 is 4.79 Å². The van der Waals surface area contributed by atoms with Crippen molar-refractivity contribution in [3.63, 3.8) is 0 Å². The zero-order chi connectivity index (χ0) is 13.9. The zero-order valence-electron chi connectivity index (χ0n) is 10.4. The van der Waals surface area contributed by atoms with Crippen LogP contribution in [0.25, 0.3) is 11.0 Å². The standard InChI is InChI=1S/C14H11ClN4O/c15-11-3-1-2-9(6-11)8-16-14(20)10-4-5-12-13(7-10)18-19-17-12/h1-7H,8H2,(H,16,20)(H,17,18,19). The number of nitrogens with zero attached hydrogens (tertiary/aromatic N) is 2. The van der Waals surface area contributed by atoms with Gasteiger partial charge in [0, 0.05) is 17.1 Å². The van der Waals surface area contributed by atoms with Crippen LogP contribution in [-0.4, -0.2) is 21.3 Å². The summed E-state index contributed by atoms with van der Waals surface area (Å²) in [5.41, 5.74) is 2.90. The van der Waals surface area contributed by atoms with Crippen LogP contribution in [0.5, 0.6) is 0 Å². The van der Waals surface area contributed by atoms with Crippen LogP contribution in [0.15, 0.2) is 42.5 Å². The monoisotopic (exact) mass is 286 g/mol. The lowest BCUT2D eigenvalue weighted by molar-refractivity contribution is 0.0951. The van der Waals surface area contributed by atoms with Gasteiger partial charge in [-0.25, -0.2) is 0 Å². The molecule has 1 amide bonds. The lowest BCUT2D eigenvalue weighted by Gasteiger charge is -2.05. The van der Waals surface area contributed by atoms with E-state index in [0.29, 0.717) is 22.6 Å².